The standard InChI is InChI=1S/C17H15FN2O3/c1-21-14-8-12-13(9-15(14)22-2)19-16(17(12)20-23-3)10-4-6-11(18)7-5-10/h4-9H,1-3H3/b20-17+. The number of aliphatic imine (C=N–C) groups is 1. The highest BCUT2D eigenvalue weighted by Gasteiger charge is 2.27. The molecule has 0 unspecified atom stereocenters. The van der Waals surface area contributed by atoms with Crippen LogP contribution in [0.1, 0.15) is 11.1 Å². The Kier molecular flexibility index (Phi) is 3.97. The zero-order valence-electron chi connectivity index (χ0n) is 13.0. The van der Waals surface area contributed by atoms with Crippen LogP contribution in [0.5, 0.6) is 11.5 Å². The minimum absolute atomic E-state index is 0.307. The summed E-state index contributed by atoms with van der Waals surface area (Å²) >= 11 is 0. The lowest BCUT2D eigenvalue weighted by Gasteiger charge is -2.09. The van der Waals surface area contributed by atoms with E-state index in [1.165, 1.54) is 19.2 Å². The van der Waals surface area contributed by atoms with E-state index in [4.69, 9.17) is 14.3 Å². The molecule has 0 radical (unpaired) electrons. The number of ether oxygens (including phenoxy) is 2. The van der Waals surface area contributed by atoms with Crippen LogP contribution < -0.4 is 9.47 Å². The molecule has 1 heterocycles. The number of benzene rings is 2. The third kappa shape index (κ3) is 2.63. The molecule has 0 aliphatic carbocycles. The molecule has 1 aliphatic heterocycles. The topological polar surface area (TPSA) is 52.4 Å². The van der Waals surface area contributed by atoms with Crippen LogP contribution >= 0.6 is 0 Å². The van der Waals surface area contributed by atoms with Gasteiger partial charge in [-0.3, -0.25) is 0 Å². The lowest BCUT2D eigenvalue weighted by Crippen LogP contribution is -2.13. The smallest absolute Gasteiger partial charge is 0.162 e. The van der Waals surface area contributed by atoms with Gasteiger partial charge in [0.2, 0.25) is 0 Å². The fraction of sp³-hybridized carbons (Fsp3) is 0.176. The highest BCUT2D eigenvalue weighted by Crippen LogP contribution is 2.39. The van der Waals surface area contributed by atoms with Gasteiger partial charge < -0.3 is 14.3 Å². The molecule has 0 amide bonds. The summed E-state index contributed by atoms with van der Waals surface area (Å²) < 4.78 is 23.8. The molecule has 0 N–H and O–H groups in total. The summed E-state index contributed by atoms with van der Waals surface area (Å²) in [4.78, 5) is 9.53. The summed E-state index contributed by atoms with van der Waals surface area (Å²) in [6.45, 7) is 0. The highest BCUT2D eigenvalue weighted by molar-refractivity contribution is 6.56. The van der Waals surface area contributed by atoms with Crippen LogP contribution in [-0.2, 0) is 4.84 Å². The van der Waals surface area contributed by atoms with Crippen molar-refractivity contribution in [3.8, 4) is 11.5 Å². The molecule has 0 fully saturated rings. The third-order valence-electron chi connectivity index (χ3n) is 3.51. The normalized spacial score (nSPS) is 14.4. The summed E-state index contributed by atoms with van der Waals surface area (Å²) in [6, 6.07) is 9.64. The van der Waals surface area contributed by atoms with E-state index in [1.807, 2.05) is 0 Å². The van der Waals surface area contributed by atoms with Crippen molar-refractivity contribution in [1.29, 1.82) is 0 Å². The van der Waals surface area contributed by atoms with E-state index in [-0.39, 0.29) is 5.82 Å². The Balaban J connectivity index is 2.15. The van der Waals surface area contributed by atoms with E-state index in [2.05, 4.69) is 10.1 Å². The third-order valence-corrected chi connectivity index (χ3v) is 3.51. The maximum Gasteiger partial charge on any atom is 0.162 e. The van der Waals surface area contributed by atoms with E-state index in [9.17, 15) is 4.39 Å². The van der Waals surface area contributed by atoms with Gasteiger partial charge in [0.1, 0.15) is 24.4 Å². The van der Waals surface area contributed by atoms with Crippen molar-refractivity contribution in [1.82, 2.24) is 0 Å². The lowest BCUT2D eigenvalue weighted by molar-refractivity contribution is 0.214. The van der Waals surface area contributed by atoms with Crippen LogP contribution in [0, 0.1) is 5.82 Å². The fourth-order valence-electron chi connectivity index (χ4n) is 2.44. The van der Waals surface area contributed by atoms with Crippen molar-refractivity contribution in [2.45, 2.75) is 0 Å². The number of fused-ring (bicyclic) bond motifs is 1. The van der Waals surface area contributed by atoms with Crippen molar-refractivity contribution < 1.29 is 18.7 Å². The van der Waals surface area contributed by atoms with Crippen molar-refractivity contribution in [2.24, 2.45) is 10.1 Å². The van der Waals surface area contributed by atoms with E-state index < -0.39 is 0 Å². The summed E-state index contributed by atoms with van der Waals surface area (Å²) in [5, 5.41) is 4.07. The lowest BCUT2D eigenvalue weighted by atomic mass is 10.0. The molecule has 2 aromatic rings. The quantitative estimate of drug-likeness (QED) is 0.813. The van der Waals surface area contributed by atoms with Gasteiger partial charge in [-0.2, -0.15) is 0 Å². The molecule has 5 nitrogen and oxygen atoms in total. The number of rotatable bonds is 4. The first-order chi connectivity index (χ1) is 11.2. The first-order valence-corrected chi connectivity index (χ1v) is 6.90. The summed E-state index contributed by atoms with van der Waals surface area (Å²) in [6.07, 6.45) is 0. The largest absolute Gasteiger partial charge is 0.493 e. The summed E-state index contributed by atoms with van der Waals surface area (Å²) in [7, 11) is 4.59. The number of halogens is 1. The van der Waals surface area contributed by atoms with Gasteiger partial charge in [0.15, 0.2) is 11.5 Å². The van der Waals surface area contributed by atoms with Crippen LogP contribution in [0.25, 0.3) is 0 Å². The van der Waals surface area contributed by atoms with Crippen molar-refractivity contribution >= 4 is 17.1 Å². The van der Waals surface area contributed by atoms with Crippen LogP contribution in [0.3, 0.4) is 0 Å². The molecule has 0 atom stereocenters. The number of oxime groups is 1. The Morgan fingerprint density at radius 2 is 1.61 bits per heavy atom. The predicted molar refractivity (Wildman–Crippen MR) is 85.7 cm³/mol. The van der Waals surface area contributed by atoms with Gasteiger partial charge in [-0.25, -0.2) is 9.38 Å². The Morgan fingerprint density at radius 3 is 2.22 bits per heavy atom. The van der Waals surface area contributed by atoms with Gasteiger partial charge in [-0.15, -0.1) is 0 Å². The fourth-order valence-corrected chi connectivity index (χ4v) is 2.44. The molecule has 0 aromatic heterocycles. The Bertz CT molecular complexity index is 798. The average Bonchev–Trinajstić information content (AvgIpc) is 2.92. The molecule has 2 aromatic carbocycles. The van der Waals surface area contributed by atoms with Gasteiger partial charge in [-0.1, -0.05) is 5.16 Å². The summed E-state index contributed by atoms with van der Waals surface area (Å²) in [5.41, 5.74) is 3.38. The number of nitrogens with zero attached hydrogens (tertiary/aromatic N) is 2. The molecule has 0 saturated carbocycles. The monoisotopic (exact) mass is 314 g/mol. The minimum Gasteiger partial charge on any atom is -0.493 e. The molecule has 118 valence electrons. The summed E-state index contributed by atoms with van der Waals surface area (Å²) in [5.74, 6) is 0.844. The molecule has 0 spiro atoms. The zero-order valence-corrected chi connectivity index (χ0v) is 13.0. The van der Waals surface area contributed by atoms with Crippen molar-refractivity contribution in [3.63, 3.8) is 0 Å². The zero-order chi connectivity index (χ0) is 16.4. The maximum absolute atomic E-state index is 13.2. The van der Waals surface area contributed by atoms with Gasteiger partial charge >= 0.3 is 0 Å². The average molecular weight is 314 g/mol. The van der Waals surface area contributed by atoms with E-state index in [0.29, 0.717) is 28.6 Å². The van der Waals surface area contributed by atoms with Gasteiger partial charge in [-0.05, 0) is 30.3 Å². The molecule has 3 rings (SSSR count). The van der Waals surface area contributed by atoms with Gasteiger partial charge in [0.25, 0.3) is 0 Å². The van der Waals surface area contributed by atoms with E-state index >= 15 is 0 Å². The van der Waals surface area contributed by atoms with Gasteiger partial charge in [0, 0.05) is 17.2 Å². The van der Waals surface area contributed by atoms with Crippen LogP contribution in [0.2, 0.25) is 0 Å². The Hall–Kier alpha value is -2.89. The molecular weight excluding hydrogens is 299 g/mol. The first-order valence-electron chi connectivity index (χ1n) is 6.90. The highest BCUT2D eigenvalue weighted by atomic mass is 19.1. The number of hydrogen-bond acceptors (Lipinski definition) is 5. The second-order valence-electron chi connectivity index (χ2n) is 4.81. The second kappa shape index (κ2) is 6.08. The minimum atomic E-state index is -0.307. The van der Waals surface area contributed by atoms with E-state index in [1.54, 1.807) is 38.5 Å². The Labute approximate surface area is 133 Å². The molecule has 23 heavy (non-hydrogen) atoms. The van der Waals surface area contributed by atoms with Crippen LogP contribution in [-0.4, -0.2) is 32.8 Å². The molecule has 6 heteroatoms. The van der Waals surface area contributed by atoms with Crippen LogP contribution in [0.4, 0.5) is 10.1 Å². The molecule has 0 bridgehead atoms. The van der Waals surface area contributed by atoms with Crippen molar-refractivity contribution in [2.75, 3.05) is 21.3 Å². The maximum atomic E-state index is 13.2. The van der Waals surface area contributed by atoms with Crippen LogP contribution in [0.15, 0.2) is 46.5 Å². The SMILES string of the molecule is CO/N=C1/C(c2ccc(F)cc2)=Nc2cc(OC)c(OC)cc21. The molecule has 1 aliphatic rings. The Morgan fingerprint density at radius 1 is 0.957 bits per heavy atom. The number of hydrogen-bond donors (Lipinski definition) is 0. The predicted octanol–water partition coefficient (Wildman–Crippen LogP) is 3.33. The first kappa shape index (κ1) is 15.0. The van der Waals surface area contributed by atoms with E-state index in [0.717, 1.165) is 11.1 Å². The molecule has 0 saturated heterocycles. The molecular formula is C17H15FN2O3. The van der Waals surface area contributed by atoms with Crippen molar-refractivity contribution in [3.05, 3.63) is 53.3 Å². The van der Waals surface area contributed by atoms with Gasteiger partial charge in [0.05, 0.1) is 19.9 Å². The number of methoxy groups -OCH3 is 2. The second-order valence-corrected chi connectivity index (χ2v) is 4.81.